The second kappa shape index (κ2) is 18.6. The molecule has 0 aromatic rings. The van der Waals surface area contributed by atoms with Gasteiger partial charge in [0.25, 0.3) is 0 Å². The molecule has 18 heavy (non-hydrogen) atoms. The Bertz CT molecular complexity index is 188. The average Bonchev–Trinajstić information content (AvgIpc) is 2.37. The van der Waals surface area contributed by atoms with Crippen LogP contribution in [0.25, 0.3) is 0 Å². The minimum atomic E-state index is 0.748. The lowest BCUT2D eigenvalue weighted by atomic mass is 10.1. The van der Waals surface area contributed by atoms with E-state index in [0.29, 0.717) is 0 Å². The minimum Gasteiger partial charge on any atom is -0.792 e. The molecule has 2 heteroatoms. The summed E-state index contributed by atoms with van der Waals surface area (Å²) in [6, 6.07) is 0. The van der Waals surface area contributed by atoms with Crippen molar-refractivity contribution in [2.24, 2.45) is 5.16 Å². The molecule has 0 radical (unpaired) electrons. The lowest BCUT2D eigenvalue weighted by Gasteiger charge is -2.03. The molecule has 108 valence electrons. The molecule has 0 saturated heterocycles. The van der Waals surface area contributed by atoms with Crippen molar-refractivity contribution < 1.29 is 0 Å². The van der Waals surface area contributed by atoms with Gasteiger partial charge in [-0.1, -0.05) is 64.4 Å². The van der Waals surface area contributed by atoms with E-state index >= 15 is 0 Å². The van der Waals surface area contributed by atoms with E-state index in [4.69, 9.17) is 0 Å². The number of allylic oxidation sites excluding steroid dienone is 1. The van der Waals surface area contributed by atoms with Gasteiger partial charge in [0.2, 0.25) is 0 Å². The van der Waals surface area contributed by atoms with Gasteiger partial charge in [-0.05, 0) is 26.7 Å². The molecular formula is C16H32NO-. The molecular weight excluding hydrogens is 222 g/mol. The van der Waals surface area contributed by atoms with Crippen LogP contribution in [0, 0.1) is 5.21 Å². The van der Waals surface area contributed by atoms with Crippen molar-refractivity contribution in [3.63, 3.8) is 0 Å². The van der Waals surface area contributed by atoms with Crippen LogP contribution in [0.5, 0.6) is 0 Å². The molecule has 0 unspecified atom stereocenters. The molecule has 0 spiro atoms. The molecule has 0 rings (SSSR count). The van der Waals surface area contributed by atoms with Gasteiger partial charge in [-0.25, -0.2) is 0 Å². The lowest BCUT2D eigenvalue weighted by Crippen LogP contribution is -1.90. The van der Waals surface area contributed by atoms with Crippen LogP contribution in [-0.2, 0) is 0 Å². The fourth-order valence-electron chi connectivity index (χ4n) is 1.74. The summed E-state index contributed by atoms with van der Waals surface area (Å²) in [6.07, 6.45) is 14.6. The molecule has 0 heterocycles. The number of unbranched alkanes of at least 4 members (excludes halogenated alkanes) is 8. The van der Waals surface area contributed by atoms with Gasteiger partial charge in [0.05, 0.1) is 0 Å². The first kappa shape index (κ1) is 19.5. The van der Waals surface area contributed by atoms with Crippen molar-refractivity contribution >= 4 is 5.71 Å². The Balaban J connectivity index is 0. The topological polar surface area (TPSA) is 35.4 Å². The van der Waals surface area contributed by atoms with E-state index in [1.807, 2.05) is 13.8 Å². The smallest absolute Gasteiger partial charge is 0.00376 e. The predicted octanol–water partition coefficient (Wildman–Crippen LogP) is 6.06. The van der Waals surface area contributed by atoms with Gasteiger partial charge in [0, 0.05) is 5.71 Å². The molecule has 0 amide bonds. The molecule has 0 aliphatic heterocycles. The fraction of sp³-hybridized carbons (Fsp3) is 0.812. The van der Waals surface area contributed by atoms with E-state index in [2.05, 4.69) is 18.7 Å². The van der Waals surface area contributed by atoms with Gasteiger partial charge in [-0.15, -0.1) is 6.58 Å². The Morgan fingerprint density at radius 1 is 1.00 bits per heavy atom. The van der Waals surface area contributed by atoms with Crippen LogP contribution in [0.15, 0.2) is 17.8 Å². The summed E-state index contributed by atoms with van der Waals surface area (Å²) >= 11 is 0. The van der Waals surface area contributed by atoms with E-state index in [1.165, 1.54) is 51.4 Å². The van der Waals surface area contributed by atoms with E-state index < -0.39 is 0 Å². The Labute approximate surface area is 114 Å². The van der Waals surface area contributed by atoms with Gasteiger partial charge in [0.15, 0.2) is 0 Å². The highest BCUT2D eigenvalue weighted by molar-refractivity contribution is 5.81. The molecule has 0 aliphatic carbocycles. The van der Waals surface area contributed by atoms with Crippen molar-refractivity contribution in [3.8, 4) is 0 Å². The van der Waals surface area contributed by atoms with Crippen LogP contribution in [0.2, 0.25) is 0 Å². The third kappa shape index (κ3) is 20.6. The highest BCUT2D eigenvalue weighted by Gasteiger charge is 1.93. The Kier molecular flexibility index (Phi) is 20.2. The summed E-state index contributed by atoms with van der Waals surface area (Å²) in [4.78, 5) is 0. The molecule has 0 N–H and O–H groups in total. The zero-order valence-corrected chi connectivity index (χ0v) is 12.7. The van der Waals surface area contributed by atoms with E-state index in [0.717, 1.165) is 18.6 Å². The molecule has 0 aromatic heterocycles. The van der Waals surface area contributed by atoms with Crippen molar-refractivity contribution in [1.82, 2.24) is 0 Å². The first-order chi connectivity index (χ1) is 8.72. The lowest BCUT2D eigenvalue weighted by molar-refractivity contribution is 0.568. The van der Waals surface area contributed by atoms with Crippen LogP contribution in [0.4, 0.5) is 0 Å². The first-order valence-corrected chi connectivity index (χ1v) is 7.45. The van der Waals surface area contributed by atoms with Gasteiger partial charge < -0.3 is 10.4 Å². The normalized spacial score (nSPS) is 10.7. The predicted molar refractivity (Wildman–Crippen MR) is 84.2 cm³/mol. The highest BCUT2D eigenvalue weighted by Crippen LogP contribution is 2.10. The molecule has 0 atom stereocenters. The van der Waals surface area contributed by atoms with E-state index in [9.17, 15) is 5.21 Å². The van der Waals surface area contributed by atoms with Crippen molar-refractivity contribution in [1.29, 1.82) is 0 Å². The summed E-state index contributed by atoms with van der Waals surface area (Å²) in [7, 11) is 0. The van der Waals surface area contributed by atoms with Gasteiger partial charge in [-0.3, -0.25) is 0 Å². The van der Waals surface area contributed by atoms with Crippen LogP contribution < -0.4 is 0 Å². The summed E-state index contributed by atoms with van der Waals surface area (Å²) in [6.45, 7) is 9.32. The molecule has 0 aromatic carbocycles. The fourth-order valence-corrected chi connectivity index (χ4v) is 1.74. The zero-order chi connectivity index (χ0) is 14.1. The van der Waals surface area contributed by atoms with Crippen LogP contribution in [0.3, 0.4) is 0 Å². The highest BCUT2D eigenvalue weighted by atomic mass is 16.4. The van der Waals surface area contributed by atoms with Crippen LogP contribution in [0.1, 0.15) is 85.0 Å². The second-order valence-corrected chi connectivity index (χ2v) is 4.81. The number of hydrogen-bond donors (Lipinski definition) is 0. The molecule has 0 saturated carbocycles. The molecule has 0 aliphatic rings. The Morgan fingerprint density at radius 3 is 1.78 bits per heavy atom. The quantitative estimate of drug-likeness (QED) is 0.202. The summed E-state index contributed by atoms with van der Waals surface area (Å²) in [5, 5.41) is 13.0. The molecule has 2 nitrogen and oxygen atoms in total. The molecule has 0 bridgehead atoms. The Morgan fingerprint density at radius 2 is 1.39 bits per heavy atom. The minimum absolute atomic E-state index is 0.748. The monoisotopic (exact) mass is 254 g/mol. The number of rotatable bonds is 10. The maximum atomic E-state index is 10.1. The number of hydrogen-bond acceptors (Lipinski definition) is 2. The largest absolute Gasteiger partial charge is 0.792 e. The maximum Gasteiger partial charge on any atom is 0.00376 e. The van der Waals surface area contributed by atoms with E-state index in [-0.39, 0.29) is 0 Å². The maximum absolute atomic E-state index is 10.1. The van der Waals surface area contributed by atoms with Crippen molar-refractivity contribution in [3.05, 3.63) is 17.9 Å². The summed E-state index contributed by atoms with van der Waals surface area (Å²) in [5.41, 5.74) is 0.748. The molecule has 0 fully saturated rings. The second-order valence-electron chi connectivity index (χ2n) is 4.81. The third-order valence-electron chi connectivity index (χ3n) is 2.80. The SMILES string of the molecule is C=CC.CCCCCCCCCCCC(C)=N[O-]. The summed E-state index contributed by atoms with van der Waals surface area (Å²) < 4.78 is 0. The van der Waals surface area contributed by atoms with Gasteiger partial charge in [-0.2, -0.15) is 0 Å². The van der Waals surface area contributed by atoms with E-state index in [1.54, 1.807) is 6.08 Å². The standard InChI is InChI=1S/C13H27NO.C3H6/c1-3-4-5-6-7-8-9-10-11-12-13(2)14-15;1-3-2/h15H,3-12H2,1-2H3;3H,1H2,2H3/p-1. The van der Waals surface area contributed by atoms with Gasteiger partial charge >= 0.3 is 0 Å². The van der Waals surface area contributed by atoms with Crippen molar-refractivity contribution in [2.75, 3.05) is 0 Å². The van der Waals surface area contributed by atoms with Gasteiger partial charge in [0.1, 0.15) is 0 Å². The zero-order valence-electron chi connectivity index (χ0n) is 12.7. The summed E-state index contributed by atoms with van der Waals surface area (Å²) in [5.74, 6) is 0. The van der Waals surface area contributed by atoms with Crippen molar-refractivity contribution in [2.45, 2.75) is 85.0 Å². The first-order valence-electron chi connectivity index (χ1n) is 7.45. The van der Waals surface area contributed by atoms with Crippen LogP contribution >= 0.6 is 0 Å². The average molecular weight is 254 g/mol. The number of nitrogens with zero attached hydrogens (tertiary/aromatic N) is 1. The Hall–Kier alpha value is -0.790. The third-order valence-corrected chi connectivity index (χ3v) is 2.80. The van der Waals surface area contributed by atoms with Crippen LogP contribution in [-0.4, -0.2) is 5.71 Å².